The molecule has 3 nitrogen and oxygen atoms in total. The van der Waals surface area contributed by atoms with Gasteiger partial charge < -0.3 is 0 Å². The third-order valence-corrected chi connectivity index (χ3v) is 3.44. The molecule has 0 unspecified atom stereocenters. The van der Waals surface area contributed by atoms with Gasteiger partial charge in [0.15, 0.2) is 5.78 Å². The van der Waals surface area contributed by atoms with Gasteiger partial charge in [0, 0.05) is 11.8 Å². The quantitative estimate of drug-likeness (QED) is 0.714. The number of aryl methyl sites for hydroxylation is 1. The number of thiazole rings is 1. The Morgan fingerprint density at radius 3 is 2.71 bits per heavy atom. The Kier molecular flexibility index (Phi) is 2.65. The Bertz CT molecular complexity index is 355. The van der Waals surface area contributed by atoms with Crippen LogP contribution in [0.15, 0.2) is 0 Å². The number of carbonyl (C=O) groups is 1. The second kappa shape index (κ2) is 3.79. The SMILES string of the molecule is CC(=O)c1nc(CN2CCC2)sc1C. The first-order chi connectivity index (χ1) is 6.66. The molecule has 0 radical (unpaired) electrons. The lowest BCUT2D eigenvalue weighted by Crippen LogP contribution is -2.36. The summed E-state index contributed by atoms with van der Waals surface area (Å²) < 4.78 is 0. The number of aromatic nitrogens is 1. The van der Waals surface area contributed by atoms with Gasteiger partial charge in [-0.2, -0.15) is 0 Å². The lowest BCUT2D eigenvalue weighted by atomic mass is 10.2. The molecule has 0 aromatic carbocycles. The summed E-state index contributed by atoms with van der Waals surface area (Å²) in [7, 11) is 0. The lowest BCUT2D eigenvalue weighted by molar-refractivity contribution is 0.101. The summed E-state index contributed by atoms with van der Waals surface area (Å²) in [5.74, 6) is 0.0774. The number of carbonyl (C=O) groups excluding carboxylic acids is 1. The highest BCUT2D eigenvalue weighted by Gasteiger charge is 2.17. The standard InChI is InChI=1S/C10H14N2OS/c1-7(13)10-8(2)14-9(11-10)6-12-4-3-5-12/h3-6H2,1-2H3. The summed E-state index contributed by atoms with van der Waals surface area (Å²) >= 11 is 1.65. The predicted octanol–water partition coefficient (Wildman–Crippen LogP) is 1.86. The molecule has 14 heavy (non-hydrogen) atoms. The zero-order chi connectivity index (χ0) is 10.1. The highest BCUT2D eigenvalue weighted by atomic mass is 32.1. The summed E-state index contributed by atoms with van der Waals surface area (Å²) in [6.07, 6.45) is 1.30. The van der Waals surface area contributed by atoms with E-state index in [2.05, 4.69) is 9.88 Å². The van der Waals surface area contributed by atoms with Crippen molar-refractivity contribution >= 4 is 17.1 Å². The van der Waals surface area contributed by atoms with Crippen molar-refractivity contribution in [3.8, 4) is 0 Å². The van der Waals surface area contributed by atoms with Crippen LogP contribution in [-0.2, 0) is 6.54 Å². The van der Waals surface area contributed by atoms with Crippen molar-refractivity contribution in [2.24, 2.45) is 0 Å². The molecule has 1 aliphatic rings. The van der Waals surface area contributed by atoms with Gasteiger partial charge in [-0.1, -0.05) is 0 Å². The van der Waals surface area contributed by atoms with E-state index in [1.54, 1.807) is 18.3 Å². The second-order valence-corrected chi connectivity index (χ2v) is 4.99. The average Bonchev–Trinajstić information content (AvgIpc) is 2.39. The summed E-state index contributed by atoms with van der Waals surface area (Å²) in [6.45, 7) is 6.81. The van der Waals surface area contributed by atoms with Crippen molar-refractivity contribution in [3.63, 3.8) is 0 Å². The molecule has 0 N–H and O–H groups in total. The largest absolute Gasteiger partial charge is 0.297 e. The van der Waals surface area contributed by atoms with E-state index in [9.17, 15) is 4.79 Å². The maximum Gasteiger partial charge on any atom is 0.179 e. The first kappa shape index (κ1) is 9.80. The number of nitrogens with zero attached hydrogens (tertiary/aromatic N) is 2. The van der Waals surface area contributed by atoms with Crippen molar-refractivity contribution in [2.45, 2.75) is 26.8 Å². The highest BCUT2D eigenvalue weighted by Crippen LogP contribution is 2.21. The summed E-state index contributed by atoms with van der Waals surface area (Å²) in [4.78, 5) is 18.9. The molecule has 2 heterocycles. The fraction of sp³-hybridized carbons (Fsp3) is 0.600. The molecule has 0 aliphatic carbocycles. The Labute approximate surface area is 87.8 Å². The van der Waals surface area contributed by atoms with E-state index in [1.165, 1.54) is 19.5 Å². The van der Waals surface area contributed by atoms with Crippen LogP contribution in [0.2, 0.25) is 0 Å². The van der Waals surface area contributed by atoms with Crippen molar-refractivity contribution in [1.82, 2.24) is 9.88 Å². The molecule has 76 valence electrons. The number of ketones is 1. The summed E-state index contributed by atoms with van der Waals surface area (Å²) in [6, 6.07) is 0. The molecule has 2 rings (SSSR count). The number of rotatable bonds is 3. The number of hydrogen-bond acceptors (Lipinski definition) is 4. The molecule has 1 saturated heterocycles. The van der Waals surface area contributed by atoms with Gasteiger partial charge in [-0.15, -0.1) is 11.3 Å². The van der Waals surface area contributed by atoms with Crippen molar-refractivity contribution < 1.29 is 4.79 Å². The molecule has 1 aromatic heterocycles. The van der Waals surface area contributed by atoms with Gasteiger partial charge in [0.25, 0.3) is 0 Å². The molecule has 0 amide bonds. The van der Waals surface area contributed by atoms with Crippen LogP contribution < -0.4 is 0 Å². The Balaban J connectivity index is 2.10. The molecule has 1 aliphatic heterocycles. The van der Waals surface area contributed by atoms with Gasteiger partial charge in [0.2, 0.25) is 0 Å². The van der Waals surface area contributed by atoms with E-state index in [4.69, 9.17) is 0 Å². The smallest absolute Gasteiger partial charge is 0.179 e. The van der Waals surface area contributed by atoms with Gasteiger partial charge in [-0.25, -0.2) is 4.98 Å². The fourth-order valence-electron chi connectivity index (χ4n) is 1.58. The molecular weight excluding hydrogens is 196 g/mol. The first-order valence-electron chi connectivity index (χ1n) is 4.86. The first-order valence-corrected chi connectivity index (χ1v) is 5.68. The van der Waals surface area contributed by atoms with E-state index < -0.39 is 0 Å². The maximum absolute atomic E-state index is 11.2. The average molecular weight is 210 g/mol. The molecular formula is C10H14N2OS. The zero-order valence-corrected chi connectivity index (χ0v) is 9.36. The molecule has 1 fully saturated rings. The van der Waals surface area contributed by atoms with Crippen LogP contribution in [0, 0.1) is 6.92 Å². The molecule has 0 bridgehead atoms. The topological polar surface area (TPSA) is 33.2 Å². The van der Waals surface area contributed by atoms with Crippen LogP contribution in [-0.4, -0.2) is 28.8 Å². The minimum Gasteiger partial charge on any atom is -0.297 e. The van der Waals surface area contributed by atoms with Gasteiger partial charge in [-0.05, 0) is 26.4 Å². The van der Waals surface area contributed by atoms with Crippen molar-refractivity contribution in [3.05, 3.63) is 15.6 Å². The molecule has 0 saturated carbocycles. The van der Waals surface area contributed by atoms with Gasteiger partial charge in [0.1, 0.15) is 10.7 Å². The maximum atomic E-state index is 11.2. The van der Waals surface area contributed by atoms with Crippen LogP contribution in [0.3, 0.4) is 0 Å². The van der Waals surface area contributed by atoms with E-state index in [0.717, 1.165) is 16.4 Å². The molecule has 0 atom stereocenters. The molecule has 4 heteroatoms. The molecule has 1 aromatic rings. The van der Waals surface area contributed by atoms with Gasteiger partial charge >= 0.3 is 0 Å². The fourth-order valence-corrected chi connectivity index (χ4v) is 2.60. The number of likely N-dealkylation sites (tertiary alicyclic amines) is 1. The van der Waals surface area contributed by atoms with Crippen LogP contribution in [0.4, 0.5) is 0 Å². The van der Waals surface area contributed by atoms with Crippen LogP contribution in [0.5, 0.6) is 0 Å². The minimum absolute atomic E-state index is 0.0774. The van der Waals surface area contributed by atoms with Crippen LogP contribution >= 0.6 is 11.3 Å². The third-order valence-electron chi connectivity index (χ3n) is 2.48. The van der Waals surface area contributed by atoms with E-state index in [1.807, 2.05) is 6.92 Å². The summed E-state index contributed by atoms with van der Waals surface area (Å²) in [5.41, 5.74) is 0.658. The Hall–Kier alpha value is -0.740. The number of Topliss-reactive ketones (excluding diaryl/α,β-unsaturated/α-hetero) is 1. The zero-order valence-electron chi connectivity index (χ0n) is 8.54. The molecule has 0 spiro atoms. The Morgan fingerprint density at radius 2 is 2.29 bits per heavy atom. The lowest BCUT2D eigenvalue weighted by Gasteiger charge is -2.29. The van der Waals surface area contributed by atoms with E-state index in [0.29, 0.717) is 5.69 Å². The second-order valence-electron chi connectivity index (χ2n) is 3.70. The normalized spacial score (nSPS) is 16.7. The predicted molar refractivity (Wildman–Crippen MR) is 56.7 cm³/mol. The van der Waals surface area contributed by atoms with E-state index in [-0.39, 0.29) is 5.78 Å². The van der Waals surface area contributed by atoms with Gasteiger partial charge in [0.05, 0.1) is 6.54 Å². The van der Waals surface area contributed by atoms with E-state index >= 15 is 0 Å². The van der Waals surface area contributed by atoms with Gasteiger partial charge in [-0.3, -0.25) is 9.69 Å². The van der Waals surface area contributed by atoms with Crippen molar-refractivity contribution in [1.29, 1.82) is 0 Å². The minimum atomic E-state index is 0.0774. The Morgan fingerprint density at radius 1 is 1.57 bits per heavy atom. The third kappa shape index (κ3) is 1.86. The van der Waals surface area contributed by atoms with Crippen LogP contribution in [0.1, 0.15) is 33.7 Å². The number of hydrogen-bond donors (Lipinski definition) is 0. The summed E-state index contributed by atoms with van der Waals surface area (Å²) in [5, 5.41) is 1.08. The highest BCUT2D eigenvalue weighted by molar-refractivity contribution is 7.11. The monoisotopic (exact) mass is 210 g/mol. The van der Waals surface area contributed by atoms with Crippen LogP contribution in [0.25, 0.3) is 0 Å². The van der Waals surface area contributed by atoms with Crippen molar-refractivity contribution in [2.75, 3.05) is 13.1 Å².